The lowest BCUT2D eigenvalue weighted by molar-refractivity contribution is 0.550. The van der Waals surface area contributed by atoms with Crippen molar-refractivity contribution in [1.82, 2.24) is 0 Å². The van der Waals surface area contributed by atoms with E-state index in [1.54, 1.807) is 11.8 Å². The fourth-order valence-electron chi connectivity index (χ4n) is 1.32. The van der Waals surface area contributed by atoms with E-state index in [0.29, 0.717) is 0 Å². The third-order valence-corrected chi connectivity index (χ3v) is 6.78. The summed E-state index contributed by atoms with van der Waals surface area (Å²) >= 11 is 31.8. The molecule has 4 atom stereocenters. The molecule has 0 N–H and O–H groups in total. The van der Waals surface area contributed by atoms with E-state index in [9.17, 15) is 0 Å². The van der Waals surface area contributed by atoms with E-state index in [2.05, 4.69) is 0 Å². The monoisotopic (exact) mass is 300 g/mol. The predicted molar refractivity (Wildman–Crippen MR) is 65.5 cm³/mol. The molecule has 0 aromatic heterocycles. The van der Waals surface area contributed by atoms with Crippen LogP contribution in [-0.4, -0.2) is 38.4 Å². The Balaban J connectivity index is 2.79. The molecule has 0 aliphatic heterocycles. The van der Waals surface area contributed by atoms with Crippen LogP contribution in [0.25, 0.3) is 0 Å². The normalized spacial score (nSPS) is 52.2. The Morgan fingerprint density at radius 1 is 0.692 bits per heavy atom. The van der Waals surface area contributed by atoms with Crippen molar-refractivity contribution in [2.24, 2.45) is 0 Å². The van der Waals surface area contributed by atoms with Crippen LogP contribution in [0, 0.1) is 0 Å². The molecule has 0 aromatic carbocycles. The van der Waals surface area contributed by atoms with E-state index in [-0.39, 0.29) is 32.1 Å². The zero-order valence-electron chi connectivity index (χ0n) is 6.76. The summed E-state index contributed by atoms with van der Waals surface area (Å²) in [7, 11) is 0. The molecule has 13 heavy (non-hydrogen) atoms. The van der Waals surface area contributed by atoms with Gasteiger partial charge in [0.15, 0.2) is 0 Å². The highest BCUT2D eigenvalue weighted by molar-refractivity contribution is 7.99. The molecule has 1 rings (SSSR count). The van der Waals surface area contributed by atoms with Crippen molar-refractivity contribution in [3.63, 3.8) is 0 Å². The minimum absolute atomic E-state index is 0.0586. The first-order chi connectivity index (χ1) is 6.00. The summed E-state index contributed by atoms with van der Waals surface area (Å²) < 4.78 is 0. The first-order valence-corrected chi connectivity index (χ1v) is 7.21. The van der Waals surface area contributed by atoms with Crippen LogP contribution >= 0.6 is 69.8 Å². The summed E-state index contributed by atoms with van der Waals surface area (Å²) in [4.78, 5) is 0. The maximum atomic E-state index is 6.11. The number of halogens is 5. The average Bonchev–Trinajstić information content (AvgIpc) is 2.13. The van der Waals surface area contributed by atoms with E-state index < -0.39 is 0 Å². The fourth-order valence-corrected chi connectivity index (χ4v) is 4.84. The number of hydrogen-bond donors (Lipinski definition) is 0. The first kappa shape index (κ1) is 12.9. The summed E-state index contributed by atoms with van der Waals surface area (Å²) in [5.41, 5.74) is 0. The van der Waals surface area contributed by atoms with E-state index in [1.807, 2.05) is 6.26 Å². The van der Waals surface area contributed by atoms with Crippen LogP contribution in [0.4, 0.5) is 0 Å². The Labute approximate surface area is 108 Å². The maximum Gasteiger partial charge on any atom is 0.0692 e. The maximum absolute atomic E-state index is 6.11. The zero-order valence-corrected chi connectivity index (χ0v) is 11.4. The minimum Gasteiger partial charge on any atom is -0.159 e. The summed E-state index contributed by atoms with van der Waals surface area (Å²) in [5, 5.41) is -1.40. The SMILES string of the molecule is CSC1[C@@H](Cl)[C@H](Cl)C(Cl)[C@@H](Cl)[C@@H]1Cl. The van der Waals surface area contributed by atoms with E-state index >= 15 is 0 Å². The lowest BCUT2D eigenvalue weighted by Crippen LogP contribution is -2.52. The molecule has 0 bridgehead atoms. The molecule has 0 unspecified atom stereocenters. The van der Waals surface area contributed by atoms with Crippen LogP contribution < -0.4 is 0 Å². The quantitative estimate of drug-likeness (QED) is 0.665. The van der Waals surface area contributed by atoms with Gasteiger partial charge in [-0.15, -0.1) is 58.0 Å². The molecule has 6 heteroatoms. The van der Waals surface area contributed by atoms with Gasteiger partial charge in [-0.3, -0.25) is 0 Å². The molecule has 0 aromatic rings. The number of alkyl halides is 5. The summed E-state index contributed by atoms with van der Waals surface area (Å²) in [6, 6.07) is 0. The van der Waals surface area contributed by atoms with Gasteiger partial charge in [0.2, 0.25) is 0 Å². The summed E-state index contributed by atoms with van der Waals surface area (Å²) in [5.74, 6) is 0. The Hall–Kier alpha value is 1.80. The van der Waals surface area contributed by atoms with Gasteiger partial charge >= 0.3 is 0 Å². The molecule has 0 amide bonds. The van der Waals surface area contributed by atoms with Crippen LogP contribution in [0.3, 0.4) is 0 Å². The third-order valence-electron chi connectivity index (χ3n) is 2.12. The second kappa shape index (κ2) is 5.23. The minimum atomic E-state index is -0.364. The topological polar surface area (TPSA) is 0 Å². The van der Waals surface area contributed by atoms with Gasteiger partial charge in [-0.2, -0.15) is 11.8 Å². The van der Waals surface area contributed by atoms with Crippen molar-refractivity contribution in [2.75, 3.05) is 6.26 Å². The molecule has 1 saturated carbocycles. The van der Waals surface area contributed by atoms with Gasteiger partial charge in [-0.05, 0) is 6.26 Å². The molecule has 0 saturated heterocycles. The highest BCUT2D eigenvalue weighted by Crippen LogP contribution is 2.41. The third kappa shape index (κ3) is 2.49. The van der Waals surface area contributed by atoms with Crippen molar-refractivity contribution >= 4 is 69.8 Å². The van der Waals surface area contributed by atoms with Crippen molar-refractivity contribution in [3.05, 3.63) is 0 Å². The number of rotatable bonds is 1. The molecule has 1 aliphatic carbocycles. The van der Waals surface area contributed by atoms with Crippen LogP contribution in [-0.2, 0) is 0 Å². The molecular weight excluding hydrogens is 293 g/mol. The molecule has 0 radical (unpaired) electrons. The predicted octanol–water partition coefficient (Wildman–Crippen LogP) is 3.77. The van der Waals surface area contributed by atoms with Gasteiger partial charge in [0.25, 0.3) is 0 Å². The molecule has 78 valence electrons. The molecule has 0 nitrogen and oxygen atoms in total. The van der Waals surface area contributed by atoms with Crippen molar-refractivity contribution in [3.8, 4) is 0 Å². The first-order valence-electron chi connectivity index (χ1n) is 3.74. The Morgan fingerprint density at radius 2 is 1.00 bits per heavy atom. The van der Waals surface area contributed by atoms with Gasteiger partial charge in [0.05, 0.1) is 26.9 Å². The van der Waals surface area contributed by atoms with Crippen LogP contribution in [0.5, 0.6) is 0 Å². The molecule has 0 spiro atoms. The van der Waals surface area contributed by atoms with E-state index in [0.717, 1.165) is 0 Å². The number of thioether (sulfide) groups is 1. The Bertz CT molecular complexity index is 162. The fraction of sp³-hybridized carbons (Fsp3) is 1.00. The Kier molecular flexibility index (Phi) is 5.17. The molecule has 1 aliphatic rings. The highest BCUT2D eigenvalue weighted by atomic mass is 35.5. The van der Waals surface area contributed by atoms with Gasteiger partial charge in [0.1, 0.15) is 0 Å². The standard InChI is InChI=1S/C7H9Cl5S/c1-13-7-5(11)3(9)2(8)4(10)6(7)12/h2-7H,1H3/t2?,3-,4-,5+,6+,7?/m1/s1. The highest BCUT2D eigenvalue weighted by Gasteiger charge is 2.47. The van der Waals surface area contributed by atoms with Crippen molar-refractivity contribution < 1.29 is 0 Å². The lowest BCUT2D eigenvalue weighted by Gasteiger charge is -2.40. The van der Waals surface area contributed by atoms with Crippen LogP contribution in [0.1, 0.15) is 0 Å². The molecule has 0 heterocycles. The van der Waals surface area contributed by atoms with Gasteiger partial charge in [-0.1, -0.05) is 0 Å². The van der Waals surface area contributed by atoms with Gasteiger partial charge in [0, 0.05) is 5.25 Å². The van der Waals surface area contributed by atoms with E-state index in [1.165, 1.54) is 0 Å². The Morgan fingerprint density at radius 3 is 1.31 bits per heavy atom. The second-order valence-corrected chi connectivity index (χ2v) is 6.46. The van der Waals surface area contributed by atoms with Crippen LogP contribution in [0.2, 0.25) is 0 Å². The molecular formula is C7H9Cl5S. The second-order valence-electron chi connectivity index (χ2n) is 2.92. The van der Waals surface area contributed by atoms with Crippen molar-refractivity contribution in [1.29, 1.82) is 0 Å². The summed E-state index contributed by atoms with van der Waals surface area (Å²) in [6.45, 7) is 0. The van der Waals surface area contributed by atoms with Gasteiger partial charge < -0.3 is 0 Å². The summed E-state index contributed by atoms with van der Waals surface area (Å²) in [6.07, 6.45) is 1.94. The number of hydrogen-bond acceptors (Lipinski definition) is 1. The van der Waals surface area contributed by atoms with Crippen LogP contribution in [0.15, 0.2) is 0 Å². The van der Waals surface area contributed by atoms with Crippen molar-refractivity contribution in [2.45, 2.75) is 32.1 Å². The largest absolute Gasteiger partial charge is 0.159 e. The zero-order chi connectivity index (χ0) is 10.2. The smallest absolute Gasteiger partial charge is 0.0692 e. The molecule has 1 fully saturated rings. The lowest BCUT2D eigenvalue weighted by atomic mass is 9.97. The van der Waals surface area contributed by atoms with Gasteiger partial charge in [-0.25, -0.2) is 0 Å². The van der Waals surface area contributed by atoms with E-state index in [4.69, 9.17) is 58.0 Å². The average molecular weight is 302 g/mol.